The fourth-order valence-corrected chi connectivity index (χ4v) is 5.96. The molecule has 3 rings (SSSR count). The van der Waals surface area contributed by atoms with Gasteiger partial charge in [0.05, 0.1) is 11.2 Å². The predicted molar refractivity (Wildman–Crippen MR) is 80.0 cm³/mol. The van der Waals surface area contributed by atoms with Gasteiger partial charge in [-0.25, -0.2) is 4.79 Å². The molecule has 0 amide bonds. The first kappa shape index (κ1) is 20.2. The number of halogens is 3. The third-order valence-electron chi connectivity index (χ3n) is 4.45. The van der Waals surface area contributed by atoms with Crippen LogP contribution < -0.4 is 0 Å². The van der Waals surface area contributed by atoms with Crippen LogP contribution in [0.2, 0.25) is 0 Å². The van der Waals surface area contributed by atoms with E-state index in [1.807, 2.05) is 0 Å². The van der Waals surface area contributed by atoms with Gasteiger partial charge in [0.15, 0.2) is 6.61 Å². The van der Waals surface area contributed by atoms with Crippen molar-refractivity contribution in [2.45, 2.75) is 35.3 Å². The summed E-state index contributed by atoms with van der Waals surface area (Å²) >= 11 is 1.40. The quantitative estimate of drug-likeness (QED) is 0.344. The van der Waals surface area contributed by atoms with Crippen LogP contribution in [0.3, 0.4) is 0 Å². The molecule has 0 radical (unpaired) electrons. The highest BCUT2D eigenvalue weighted by Crippen LogP contribution is 2.57. The molecule has 2 bridgehead atoms. The van der Waals surface area contributed by atoms with E-state index < -0.39 is 64.7 Å². The van der Waals surface area contributed by atoms with Crippen LogP contribution in [0.5, 0.6) is 0 Å². The molecular weight excluding hydrogens is 421 g/mol. The monoisotopic (exact) mass is 434 g/mol. The number of thioether (sulfide) groups is 1. The molecule has 0 aromatic carbocycles. The van der Waals surface area contributed by atoms with Crippen LogP contribution in [0.15, 0.2) is 0 Å². The van der Waals surface area contributed by atoms with Crippen LogP contribution in [-0.4, -0.2) is 72.1 Å². The van der Waals surface area contributed by atoms with Gasteiger partial charge in [-0.3, -0.25) is 14.1 Å². The van der Waals surface area contributed by atoms with Gasteiger partial charge >= 0.3 is 24.1 Å². The highest BCUT2D eigenvalue weighted by atomic mass is 32.2. The zero-order valence-corrected chi connectivity index (χ0v) is 14.9. The second-order valence-electron chi connectivity index (χ2n) is 6.29. The maximum absolute atomic E-state index is 12.7. The summed E-state index contributed by atoms with van der Waals surface area (Å²) in [5.74, 6) is -5.94. The third-order valence-corrected chi connectivity index (χ3v) is 6.92. The Bertz CT molecular complexity index is 765. The number of ether oxygens (including phenoxy) is 3. The van der Waals surface area contributed by atoms with Gasteiger partial charge in [-0.15, -0.1) is 11.8 Å². The van der Waals surface area contributed by atoms with Crippen LogP contribution in [0.25, 0.3) is 0 Å². The number of carbonyl (C=O) groups excluding carboxylic acids is 3. The van der Waals surface area contributed by atoms with Crippen molar-refractivity contribution >= 4 is 39.8 Å². The summed E-state index contributed by atoms with van der Waals surface area (Å²) in [7, 11) is -5.07. The minimum Gasteiger partial charge on any atom is -0.460 e. The molecular formula is C13H13F3O9S2. The number of rotatable bonds is 6. The van der Waals surface area contributed by atoms with Gasteiger partial charge < -0.3 is 14.2 Å². The number of carbonyl (C=O) groups is 3. The molecule has 1 N–H and O–H groups in total. The van der Waals surface area contributed by atoms with Crippen molar-refractivity contribution in [1.29, 1.82) is 0 Å². The second kappa shape index (κ2) is 6.81. The molecule has 27 heavy (non-hydrogen) atoms. The Morgan fingerprint density at radius 3 is 2.63 bits per heavy atom. The van der Waals surface area contributed by atoms with E-state index in [-0.39, 0.29) is 16.4 Å². The molecule has 3 aliphatic rings. The summed E-state index contributed by atoms with van der Waals surface area (Å²) < 4.78 is 81.6. The molecule has 3 fully saturated rings. The SMILES string of the molecule is O=C(COC(=O)C1C2CC3C(=O)OC1C3S2)OC(CS(=O)(=O)O)C(F)(F)F. The first-order chi connectivity index (χ1) is 12.4. The topological polar surface area (TPSA) is 133 Å². The number of hydrogen-bond acceptors (Lipinski definition) is 9. The molecule has 9 nitrogen and oxygen atoms in total. The average Bonchev–Trinajstić information content (AvgIpc) is 3.12. The third kappa shape index (κ3) is 4.16. The first-order valence-corrected chi connectivity index (χ1v) is 10.2. The number of esters is 3. The van der Waals surface area contributed by atoms with Crippen molar-refractivity contribution in [2.75, 3.05) is 12.4 Å². The summed E-state index contributed by atoms with van der Waals surface area (Å²) in [6, 6.07) is 0. The van der Waals surface area contributed by atoms with Gasteiger partial charge in [-0.2, -0.15) is 21.6 Å². The Kier molecular flexibility index (Phi) is 5.10. The van der Waals surface area contributed by atoms with Crippen molar-refractivity contribution in [3.63, 3.8) is 0 Å². The summed E-state index contributed by atoms with van der Waals surface area (Å²) in [6.07, 6.45) is -8.63. The van der Waals surface area contributed by atoms with Gasteiger partial charge in [-0.1, -0.05) is 0 Å². The first-order valence-electron chi connectivity index (χ1n) is 7.61. The van der Waals surface area contributed by atoms with Gasteiger partial charge in [0.25, 0.3) is 10.1 Å². The molecule has 3 heterocycles. The summed E-state index contributed by atoms with van der Waals surface area (Å²) in [5, 5.41) is -0.432. The second-order valence-corrected chi connectivity index (χ2v) is 9.20. The molecule has 0 spiro atoms. The Hall–Kier alpha value is -1.54. The van der Waals surface area contributed by atoms with E-state index in [4.69, 9.17) is 9.29 Å². The van der Waals surface area contributed by atoms with Gasteiger partial charge in [0.2, 0.25) is 6.10 Å². The molecule has 6 unspecified atom stereocenters. The van der Waals surface area contributed by atoms with E-state index in [1.165, 1.54) is 11.8 Å². The zero-order chi connectivity index (χ0) is 20.1. The van der Waals surface area contributed by atoms with E-state index in [2.05, 4.69) is 9.47 Å². The molecule has 0 aliphatic carbocycles. The molecule has 6 atom stereocenters. The van der Waals surface area contributed by atoms with Gasteiger partial charge in [-0.05, 0) is 6.42 Å². The van der Waals surface area contributed by atoms with E-state index in [0.29, 0.717) is 6.42 Å². The summed E-state index contributed by atoms with van der Waals surface area (Å²) in [4.78, 5) is 35.3. The zero-order valence-electron chi connectivity index (χ0n) is 13.2. The fraction of sp³-hybridized carbons (Fsp3) is 0.769. The van der Waals surface area contributed by atoms with Crippen molar-refractivity contribution in [3.8, 4) is 0 Å². The van der Waals surface area contributed by atoms with Crippen LogP contribution in [-0.2, 0) is 38.7 Å². The fourth-order valence-electron chi connectivity index (χ4n) is 3.37. The molecule has 0 saturated carbocycles. The summed E-state index contributed by atoms with van der Waals surface area (Å²) in [6.45, 7) is -1.18. The standard InChI is InChI=1S/C13H13F3O9S2/c14-13(15,16)6(3-27(20,21)22)24-7(17)2-23-12(19)8-5-1-4-10(26-5)9(8)25-11(4)18/h4-6,8-10H,1-3H2,(H,20,21,22). The molecule has 3 aliphatic heterocycles. The maximum atomic E-state index is 12.7. The van der Waals surface area contributed by atoms with Gasteiger partial charge in [0.1, 0.15) is 17.8 Å². The number of fused-ring (bicyclic) bond motifs is 1. The number of hydrogen-bond donors (Lipinski definition) is 1. The smallest absolute Gasteiger partial charge is 0.426 e. The molecule has 0 aromatic rings. The maximum Gasteiger partial charge on any atom is 0.426 e. The largest absolute Gasteiger partial charge is 0.460 e. The Balaban J connectivity index is 1.54. The normalized spacial score (nSPS) is 32.9. The van der Waals surface area contributed by atoms with E-state index in [0.717, 1.165) is 0 Å². The number of alkyl halides is 3. The summed E-state index contributed by atoms with van der Waals surface area (Å²) in [5.41, 5.74) is 0. The highest BCUT2D eigenvalue weighted by Gasteiger charge is 2.65. The molecule has 0 aromatic heterocycles. The average molecular weight is 434 g/mol. The van der Waals surface area contributed by atoms with Crippen molar-refractivity contribution in [3.05, 3.63) is 0 Å². The lowest BCUT2D eigenvalue weighted by molar-refractivity contribution is -0.217. The van der Waals surface area contributed by atoms with Gasteiger partial charge in [0, 0.05) is 5.25 Å². The minimum atomic E-state index is -5.25. The van der Waals surface area contributed by atoms with Crippen molar-refractivity contribution in [1.82, 2.24) is 0 Å². The lowest BCUT2D eigenvalue weighted by Crippen LogP contribution is -2.41. The van der Waals surface area contributed by atoms with Crippen LogP contribution in [0.4, 0.5) is 13.2 Å². The van der Waals surface area contributed by atoms with Crippen LogP contribution in [0.1, 0.15) is 6.42 Å². The van der Waals surface area contributed by atoms with Crippen molar-refractivity contribution in [2.24, 2.45) is 11.8 Å². The Morgan fingerprint density at radius 2 is 2.04 bits per heavy atom. The molecule has 152 valence electrons. The lowest BCUT2D eigenvalue weighted by Gasteiger charge is -2.22. The van der Waals surface area contributed by atoms with Crippen LogP contribution in [0, 0.1) is 11.8 Å². The van der Waals surface area contributed by atoms with E-state index in [1.54, 1.807) is 0 Å². The highest BCUT2D eigenvalue weighted by molar-refractivity contribution is 8.01. The van der Waals surface area contributed by atoms with Crippen LogP contribution >= 0.6 is 11.8 Å². The van der Waals surface area contributed by atoms with Crippen molar-refractivity contribution < 1.29 is 54.7 Å². The lowest BCUT2D eigenvalue weighted by atomic mass is 9.82. The molecule has 3 saturated heterocycles. The Labute approximate surface area is 154 Å². The molecule has 14 heteroatoms. The van der Waals surface area contributed by atoms with E-state index in [9.17, 15) is 36.0 Å². The predicted octanol–water partition coefficient (Wildman–Crippen LogP) is -0.0630. The minimum absolute atomic E-state index is 0.184. The van der Waals surface area contributed by atoms with E-state index >= 15 is 0 Å². The Morgan fingerprint density at radius 1 is 1.37 bits per heavy atom.